The standard InChI is InChI=1S/C16H15FN4O/c1-9-4-12(17)5-13-14(9)20-7-11(6-18)15(13)21-3-2-10(8-21)16(19)22/h4-5,7,10H,2-3,8H2,1H3,(H2,19,22)/t10-/m1/s1. The first kappa shape index (κ1) is 14.3. The Bertz CT molecular complexity index is 812. The van der Waals surface area contributed by atoms with E-state index >= 15 is 0 Å². The maximum absolute atomic E-state index is 13.8. The molecule has 0 radical (unpaired) electrons. The molecule has 1 aliphatic heterocycles. The average Bonchev–Trinajstić information content (AvgIpc) is 2.95. The van der Waals surface area contributed by atoms with Gasteiger partial charge in [0, 0.05) is 24.7 Å². The SMILES string of the molecule is Cc1cc(F)cc2c(N3CC[C@@H](C(N)=O)C3)c(C#N)cnc12. The molecule has 1 aromatic heterocycles. The Morgan fingerprint density at radius 1 is 1.55 bits per heavy atom. The second-order valence-electron chi connectivity index (χ2n) is 5.59. The van der Waals surface area contributed by atoms with E-state index in [0.29, 0.717) is 47.2 Å². The third-order valence-corrected chi connectivity index (χ3v) is 4.13. The number of rotatable bonds is 2. The molecule has 0 unspecified atom stereocenters. The van der Waals surface area contributed by atoms with Crippen molar-refractivity contribution in [1.82, 2.24) is 4.98 Å². The number of amides is 1. The Labute approximate surface area is 127 Å². The normalized spacial score (nSPS) is 17.7. The number of nitriles is 1. The number of primary amides is 1. The Morgan fingerprint density at radius 3 is 2.95 bits per heavy atom. The highest BCUT2D eigenvalue weighted by molar-refractivity contribution is 5.96. The third kappa shape index (κ3) is 2.25. The van der Waals surface area contributed by atoms with Gasteiger partial charge in [-0.1, -0.05) is 0 Å². The Morgan fingerprint density at radius 2 is 2.32 bits per heavy atom. The van der Waals surface area contributed by atoms with Crippen LogP contribution in [0.4, 0.5) is 10.1 Å². The fraction of sp³-hybridized carbons (Fsp3) is 0.312. The third-order valence-electron chi connectivity index (χ3n) is 4.13. The van der Waals surface area contributed by atoms with Crippen molar-refractivity contribution in [2.75, 3.05) is 18.0 Å². The van der Waals surface area contributed by atoms with Crippen LogP contribution in [0.15, 0.2) is 18.3 Å². The molecule has 1 saturated heterocycles. The van der Waals surface area contributed by atoms with Crippen LogP contribution in [-0.2, 0) is 4.79 Å². The van der Waals surface area contributed by atoms with Crippen molar-refractivity contribution < 1.29 is 9.18 Å². The molecule has 0 aliphatic carbocycles. The predicted octanol–water partition coefficient (Wildman–Crippen LogP) is 1.87. The van der Waals surface area contributed by atoms with Crippen LogP contribution in [0, 0.1) is 30.0 Å². The summed E-state index contributed by atoms with van der Waals surface area (Å²) in [5, 5.41) is 9.95. The van der Waals surface area contributed by atoms with E-state index in [2.05, 4.69) is 11.1 Å². The number of fused-ring (bicyclic) bond motifs is 1. The first-order valence-corrected chi connectivity index (χ1v) is 7.04. The maximum atomic E-state index is 13.8. The van der Waals surface area contributed by atoms with E-state index in [1.54, 1.807) is 6.92 Å². The smallest absolute Gasteiger partial charge is 0.222 e. The van der Waals surface area contributed by atoms with Gasteiger partial charge in [-0.3, -0.25) is 9.78 Å². The Balaban J connectivity index is 2.19. The number of nitrogens with two attached hydrogens (primary N) is 1. The first-order chi connectivity index (χ1) is 10.5. The zero-order chi connectivity index (χ0) is 15.9. The van der Waals surface area contributed by atoms with Crippen LogP contribution in [0.3, 0.4) is 0 Å². The molecular weight excluding hydrogens is 283 g/mol. The van der Waals surface area contributed by atoms with E-state index in [4.69, 9.17) is 5.73 Å². The van der Waals surface area contributed by atoms with Crippen LogP contribution < -0.4 is 10.6 Å². The molecule has 1 amide bonds. The van der Waals surface area contributed by atoms with Crippen molar-refractivity contribution >= 4 is 22.5 Å². The highest BCUT2D eigenvalue weighted by atomic mass is 19.1. The summed E-state index contributed by atoms with van der Waals surface area (Å²) in [6.45, 7) is 2.83. The molecule has 0 saturated carbocycles. The summed E-state index contributed by atoms with van der Waals surface area (Å²) in [5.74, 6) is -0.958. The van der Waals surface area contributed by atoms with Crippen molar-refractivity contribution in [3.05, 3.63) is 35.3 Å². The lowest BCUT2D eigenvalue weighted by molar-refractivity contribution is -0.121. The van der Waals surface area contributed by atoms with Crippen LogP contribution in [0.1, 0.15) is 17.5 Å². The van der Waals surface area contributed by atoms with Gasteiger partial charge in [-0.2, -0.15) is 5.26 Å². The second-order valence-corrected chi connectivity index (χ2v) is 5.59. The minimum absolute atomic E-state index is 0.246. The molecule has 5 nitrogen and oxygen atoms in total. The number of carbonyl (C=O) groups excluding carboxylic acids is 1. The fourth-order valence-electron chi connectivity index (χ4n) is 3.04. The van der Waals surface area contributed by atoms with Crippen molar-refractivity contribution in [2.45, 2.75) is 13.3 Å². The number of hydrogen-bond acceptors (Lipinski definition) is 4. The fourth-order valence-corrected chi connectivity index (χ4v) is 3.04. The summed E-state index contributed by atoms with van der Waals surface area (Å²) in [4.78, 5) is 17.6. The van der Waals surface area contributed by atoms with Crippen LogP contribution in [-0.4, -0.2) is 24.0 Å². The van der Waals surface area contributed by atoms with Crippen LogP contribution in [0.2, 0.25) is 0 Å². The number of benzene rings is 1. The summed E-state index contributed by atoms with van der Waals surface area (Å²) in [5.41, 5.74) is 7.76. The van der Waals surface area contributed by atoms with Crippen molar-refractivity contribution in [3.8, 4) is 6.07 Å². The molecule has 2 heterocycles. The molecular formula is C16H15FN4O. The molecule has 22 heavy (non-hydrogen) atoms. The molecule has 2 N–H and O–H groups in total. The lowest BCUT2D eigenvalue weighted by atomic mass is 10.1. The number of anilines is 1. The van der Waals surface area contributed by atoms with Gasteiger partial charge >= 0.3 is 0 Å². The summed E-state index contributed by atoms with van der Waals surface area (Å²) < 4.78 is 13.8. The predicted molar refractivity (Wildman–Crippen MR) is 80.7 cm³/mol. The molecule has 1 aliphatic rings. The molecule has 1 aromatic carbocycles. The van der Waals surface area contributed by atoms with Gasteiger partial charge in [0.1, 0.15) is 11.9 Å². The Hall–Kier alpha value is -2.68. The minimum atomic E-state index is -0.367. The van der Waals surface area contributed by atoms with Crippen LogP contribution in [0.5, 0.6) is 0 Å². The molecule has 2 aromatic rings. The summed E-state index contributed by atoms with van der Waals surface area (Å²) >= 11 is 0. The largest absolute Gasteiger partial charge is 0.369 e. The first-order valence-electron chi connectivity index (χ1n) is 7.04. The maximum Gasteiger partial charge on any atom is 0.222 e. The zero-order valence-corrected chi connectivity index (χ0v) is 12.1. The molecule has 1 fully saturated rings. The van der Waals surface area contributed by atoms with Gasteiger partial charge in [0.05, 0.1) is 22.7 Å². The summed E-state index contributed by atoms with van der Waals surface area (Å²) in [6, 6.07) is 4.91. The number of nitrogens with zero attached hydrogens (tertiary/aromatic N) is 3. The van der Waals surface area contributed by atoms with Gasteiger partial charge in [0.25, 0.3) is 0 Å². The van der Waals surface area contributed by atoms with Crippen molar-refractivity contribution in [2.24, 2.45) is 11.7 Å². The van der Waals surface area contributed by atoms with E-state index in [9.17, 15) is 14.4 Å². The lowest BCUT2D eigenvalue weighted by Crippen LogP contribution is -2.27. The zero-order valence-electron chi connectivity index (χ0n) is 12.1. The van der Waals surface area contributed by atoms with E-state index < -0.39 is 0 Å². The molecule has 6 heteroatoms. The van der Waals surface area contributed by atoms with Gasteiger partial charge < -0.3 is 10.6 Å². The van der Waals surface area contributed by atoms with Gasteiger partial charge in [0.15, 0.2) is 0 Å². The second kappa shape index (κ2) is 5.26. The minimum Gasteiger partial charge on any atom is -0.369 e. The number of hydrogen-bond donors (Lipinski definition) is 1. The number of aromatic nitrogens is 1. The topological polar surface area (TPSA) is 83.0 Å². The highest BCUT2D eigenvalue weighted by Gasteiger charge is 2.29. The average molecular weight is 298 g/mol. The quantitative estimate of drug-likeness (QED) is 0.917. The molecule has 0 spiro atoms. The van der Waals surface area contributed by atoms with Crippen LogP contribution >= 0.6 is 0 Å². The number of carbonyl (C=O) groups is 1. The summed E-state index contributed by atoms with van der Waals surface area (Å²) in [7, 11) is 0. The van der Waals surface area contributed by atoms with E-state index in [0.717, 1.165) is 0 Å². The van der Waals surface area contributed by atoms with Gasteiger partial charge in [0.2, 0.25) is 5.91 Å². The Kier molecular flexibility index (Phi) is 3.41. The molecule has 3 rings (SSSR count). The molecule has 1 atom stereocenters. The van der Waals surface area contributed by atoms with Gasteiger partial charge in [-0.25, -0.2) is 4.39 Å². The lowest BCUT2D eigenvalue weighted by Gasteiger charge is -2.22. The van der Waals surface area contributed by atoms with Crippen molar-refractivity contribution in [1.29, 1.82) is 5.26 Å². The van der Waals surface area contributed by atoms with Gasteiger partial charge in [-0.15, -0.1) is 0 Å². The van der Waals surface area contributed by atoms with Crippen molar-refractivity contribution in [3.63, 3.8) is 0 Å². The molecule has 112 valence electrons. The number of pyridine rings is 1. The van der Waals surface area contributed by atoms with Crippen LogP contribution in [0.25, 0.3) is 10.9 Å². The van der Waals surface area contributed by atoms with E-state index in [1.165, 1.54) is 18.3 Å². The number of aryl methyl sites for hydroxylation is 1. The summed E-state index contributed by atoms with van der Waals surface area (Å²) in [6.07, 6.45) is 2.14. The van der Waals surface area contributed by atoms with Gasteiger partial charge in [-0.05, 0) is 31.0 Å². The monoisotopic (exact) mass is 298 g/mol. The van der Waals surface area contributed by atoms with E-state index in [1.807, 2.05) is 4.90 Å². The number of halogens is 1. The molecule has 0 bridgehead atoms. The van der Waals surface area contributed by atoms with E-state index in [-0.39, 0.29) is 17.6 Å². The highest BCUT2D eigenvalue weighted by Crippen LogP contribution is 2.34.